The number of fused-ring (bicyclic) bond motifs is 1. The van der Waals surface area contributed by atoms with Crippen molar-refractivity contribution in [3.8, 4) is 0 Å². The summed E-state index contributed by atoms with van der Waals surface area (Å²) in [5.41, 5.74) is 4.12. The molecule has 4 aliphatic rings. The van der Waals surface area contributed by atoms with Gasteiger partial charge in [0.1, 0.15) is 11.9 Å². The summed E-state index contributed by atoms with van der Waals surface area (Å²) in [6.07, 6.45) is 7.16. The van der Waals surface area contributed by atoms with Crippen LogP contribution in [0.25, 0.3) is 0 Å². The zero-order valence-electron chi connectivity index (χ0n) is 22.1. The molecule has 204 valence electrons. The van der Waals surface area contributed by atoms with E-state index in [-0.39, 0.29) is 30.6 Å². The summed E-state index contributed by atoms with van der Waals surface area (Å²) >= 11 is 0. The molecular weight excluding hydrogens is 501 g/mol. The highest BCUT2D eigenvalue weighted by Gasteiger charge is 2.55. The SMILES string of the molecule is CC12CC3=C(C=C1CC[C@]2(O)CCc1ccccc1C(=O)N1CCCC(F)(F)C1)C(c1ccc(F)cc1)N=C3. The Balaban J connectivity index is 1.20. The van der Waals surface area contributed by atoms with Gasteiger partial charge in [0.2, 0.25) is 0 Å². The van der Waals surface area contributed by atoms with Gasteiger partial charge in [-0.25, -0.2) is 13.2 Å². The first-order valence-electron chi connectivity index (χ1n) is 13.8. The number of likely N-dealkylation sites (tertiary alicyclic amines) is 1. The Morgan fingerprint density at radius 1 is 1.13 bits per heavy atom. The molecule has 6 rings (SSSR count). The molecule has 1 saturated heterocycles. The van der Waals surface area contributed by atoms with Crippen LogP contribution in [0.3, 0.4) is 0 Å². The van der Waals surface area contributed by atoms with E-state index in [2.05, 4.69) is 13.0 Å². The van der Waals surface area contributed by atoms with Crippen LogP contribution in [0.5, 0.6) is 0 Å². The van der Waals surface area contributed by atoms with Gasteiger partial charge in [0, 0.05) is 30.2 Å². The third kappa shape index (κ3) is 4.54. The van der Waals surface area contributed by atoms with Crippen molar-refractivity contribution in [2.45, 2.75) is 69.4 Å². The number of rotatable bonds is 5. The third-order valence-corrected chi connectivity index (χ3v) is 9.38. The number of nitrogens with zero attached hydrogens (tertiary/aromatic N) is 2. The molecule has 1 N–H and O–H groups in total. The van der Waals surface area contributed by atoms with Crippen molar-refractivity contribution < 1.29 is 23.1 Å². The van der Waals surface area contributed by atoms with Crippen molar-refractivity contribution >= 4 is 12.1 Å². The van der Waals surface area contributed by atoms with Crippen molar-refractivity contribution in [3.63, 3.8) is 0 Å². The lowest BCUT2D eigenvalue weighted by Gasteiger charge is -2.43. The number of aryl methyl sites for hydroxylation is 1. The largest absolute Gasteiger partial charge is 0.389 e. The monoisotopic (exact) mass is 534 g/mol. The molecule has 2 aliphatic carbocycles. The molecule has 2 unspecified atom stereocenters. The number of alkyl halides is 2. The predicted octanol–water partition coefficient (Wildman–Crippen LogP) is 6.61. The van der Waals surface area contributed by atoms with E-state index in [1.165, 1.54) is 22.6 Å². The lowest BCUT2D eigenvalue weighted by atomic mass is 9.64. The number of benzene rings is 2. The minimum atomic E-state index is -2.85. The van der Waals surface area contributed by atoms with Crippen LogP contribution < -0.4 is 0 Å². The number of amides is 1. The minimum absolute atomic E-state index is 0.161. The lowest BCUT2D eigenvalue weighted by molar-refractivity contribution is -0.0561. The number of allylic oxidation sites excluding steroid dienone is 1. The van der Waals surface area contributed by atoms with Crippen molar-refractivity contribution in [2.75, 3.05) is 13.1 Å². The second kappa shape index (κ2) is 9.47. The van der Waals surface area contributed by atoms with Gasteiger partial charge in [0.25, 0.3) is 11.8 Å². The number of hydrogen-bond acceptors (Lipinski definition) is 3. The second-order valence-electron chi connectivity index (χ2n) is 11.8. The van der Waals surface area contributed by atoms with Crippen LogP contribution in [0, 0.1) is 11.2 Å². The summed E-state index contributed by atoms with van der Waals surface area (Å²) < 4.78 is 41.5. The number of halogens is 3. The fourth-order valence-corrected chi connectivity index (χ4v) is 6.99. The molecule has 1 saturated carbocycles. The highest BCUT2D eigenvalue weighted by Crippen LogP contribution is 2.59. The number of aliphatic hydroxyl groups is 1. The quantitative estimate of drug-likeness (QED) is 0.469. The normalized spacial score (nSPS) is 29.3. The minimum Gasteiger partial charge on any atom is -0.389 e. The topological polar surface area (TPSA) is 52.9 Å². The van der Waals surface area contributed by atoms with Gasteiger partial charge in [-0.15, -0.1) is 0 Å². The van der Waals surface area contributed by atoms with Gasteiger partial charge in [0.15, 0.2) is 0 Å². The summed E-state index contributed by atoms with van der Waals surface area (Å²) in [5, 5.41) is 12.0. The van der Waals surface area contributed by atoms with Gasteiger partial charge >= 0.3 is 0 Å². The lowest BCUT2D eigenvalue weighted by Crippen LogP contribution is -2.46. The Labute approximate surface area is 226 Å². The van der Waals surface area contributed by atoms with Crippen molar-refractivity contribution in [1.82, 2.24) is 4.90 Å². The first-order valence-corrected chi connectivity index (χ1v) is 13.8. The highest BCUT2D eigenvalue weighted by molar-refractivity contribution is 5.95. The van der Waals surface area contributed by atoms with Gasteiger partial charge in [-0.3, -0.25) is 9.79 Å². The molecule has 2 aliphatic heterocycles. The fraction of sp³-hybridized carbons (Fsp3) is 0.438. The van der Waals surface area contributed by atoms with Crippen LogP contribution in [0.15, 0.2) is 76.3 Å². The molecular formula is C32H33F3N2O2. The van der Waals surface area contributed by atoms with E-state index >= 15 is 0 Å². The van der Waals surface area contributed by atoms with Crippen LogP contribution in [-0.4, -0.2) is 46.7 Å². The fourth-order valence-electron chi connectivity index (χ4n) is 6.99. The molecule has 2 heterocycles. The first kappa shape index (κ1) is 26.1. The Morgan fingerprint density at radius 2 is 1.90 bits per heavy atom. The van der Waals surface area contributed by atoms with E-state index in [1.54, 1.807) is 24.3 Å². The van der Waals surface area contributed by atoms with E-state index in [0.717, 1.165) is 28.7 Å². The smallest absolute Gasteiger partial charge is 0.265 e. The van der Waals surface area contributed by atoms with Crippen LogP contribution in [0.4, 0.5) is 13.2 Å². The Kier molecular flexibility index (Phi) is 6.33. The number of hydrogen-bond donors (Lipinski definition) is 1. The molecule has 0 bridgehead atoms. The van der Waals surface area contributed by atoms with Gasteiger partial charge in [-0.05, 0) is 79.0 Å². The molecule has 2 aromatic rings. The van der Waals surface area contributed by atoms with Crippen LogP contribution in [0.1, 0.15) is 73.0 Å². The van der Waals surface area contributed by atoms with Crippen LogP contribution in [-0.2, 0) is 6.42 Å². The van der Waals surface area contributed by atoms with E-state index in [0.29, 0.717) is 37.8 Å². The number of aliphatic imine (C=N–C) groups is 1. The third-order valence-electron chi connectivity index (χ3n) is 9.38. The molecule has 4 nitrogen and oxygen atoms in total. The molecule has 2 fully saturated rings. The van der Waals surface area contributed by atoms with Gasteiger partial charge in [-0.2, -0.15) is 0 Å². The van der Waals surface area contributed by atoms with Gasteiger partial charge in [0.05, 0.1) is 12.1 Å². The average molecular weight is 535 g/mol. The van der Waals surface area contributed by atoms with Crippen LogP contribution in [0.2, 0.25) is 0 Å². The predicted molar refractivity (Wildman–Crippen MR) is 144 cm³/mol. The molecule has 1 amide bonds. The maximum atomic E-state index is 14.0. The van der Waals surface area contributed by atoms with E-state index in [1.807, 2.05) is 18.3 Å². The maximum Gasteiger partial charge on any atom is 0.265 e. The Morgan fingerprint density at radius 3 is 2.67 bits per heavy atom. The summed E-state index contributed by atoms with van der Waals surface area (Å²) in [4.78, 5) is 19.2. The van der Waals surface area contributed by atoms with E-state index < -0.39 is 23.5 Å². The molecule has 2 aromatic carbocycles. The standard InChI is InChI=1S/C32H33F3N2O2/c1-30-18-23-19-36-28(22-7-9-25(33)10-8-22)27(23)17-24(30)12-15-31(30,39)14-11-21-5-2-3-6-26(21)29(38)37-16-4-13-32(34,35)20-37/h2-3,5-10,17,19,28,39H,4,11-16,18,20H2,1H3/t28?,30?,31-/m1/s1. The second-order valence-corrected chi connectivity index (χ2v) is 11.8. The molecule has 0 aromatic heterocycles. The zero-order valence-corrected chi connectivity index (χ0v) is 22.1. The summed E-state index contributed by atoms with van der Waals surface area (Å²) in [6, 6.07) is 13.5. The molecule has 0 spiro atoms. The number of carbonyl (C=O) groups excluding carboxylic acids is 1. The van der Waals surface area contributed by atoms with E-state index in [9.17, 15) is 23.1 Å². The first-order chi connectivity index (χ1) is 18.6. The van der Waals surface area contributed by atoms with Crippen molar-refractivity contribution in [3.05, 3.63) is 93.8 Å². The summed E-state index contributed by atoms with van der Waals surface area (Å²) in [6.45, 7) is 1.90. The Bertz CT molecular complexity index is 1400. The van der Waals surface area contributed by atoms with Crippen LogP contribution >= 0.6 is 0 Å². The maximum absolute atomic E-state index is 14.0. The average Bonchev–Trinajstić information content (AvgIpc) is 3.43. The summed E-state index contributed by atoms with van der Waals surface area (Å²) in [5.74, 6) is -3.49. The number of piperidine rings is 1. The number of carbonyl (C=O) groups is 1. The van der Waals surface area contributed by atoms with Gasteiger partial charge in [-0.1, -0.05) is 48.9 Å². The molecule has 0 radical (unpaired) electrons. The van der Waals surface area contributed by atoms with Crippen molar-refractivity contribution in [1.29, 1.82) is 0 Å². The molecule has 39 heavy (non-hydrogen) atoms. The van der Waals surface area contributed by atoms with E-state index in [4.69, 9.17) is 4.99 Å². The molecule has 7 heteroatoms. The zero-order chi connectivity index (χ0) is 27.4. The van der Waals surface area contributed by atoms with Gasteiger partial charge < -0.3 is 10.0 Å². The Hall–Kier alpha value is -3.19. The van der Waals surface area contributed by atoms with Crippen molar-refractivity contribution in [2.24, 2.45) is 10.4 Å². The molecule has 3 atom stereocenters. The summed E-state index contributed by atoms with van der Waals surface area (Å²) in [7, 11) is 0. The highest BCUT2D eigenvalue weighted by atomic mass is 19.3.